The van der Waals surface area contributed by atoms with Gasteiger partial charge in [-0.3, -0.25) is 19.6 Å². The molecule has 3 rings (SSSR count). The van der Waals surface area contributed by atoms with Gasteiger partial charge in [-0.15, -0.1) is 11.3 Å². The lowest BCUT2D eigenvalue weighted by Crippen LogP contribution is -2.36. The topological polar surface area (TPSA) is 104 Å². The molecule has 3 heterocycles. The van der Waals surface area contributed by atoms with Gasteiger partial charge in [0.05, 0.1) is 6.04 Å². The maximum Gasteiger partial charge on any atom is 0.269 e. The minimum absolute atomic E-state index is 0.0597. The molecule has 0 aromatic carbocycles. The van der Waals surface area contributed by atoms with Crippen molar-refractivity contribution in [2.24, 2.45) is 5.73 Å². The van der Waals surface area contributed by atoms with E-state index < -0.39 is 5.91 Å². The van der Waals surface area contributed by atoms with Crippen molar-refractivity contribution in [1.82, 2.24) is 20.4 Å². The fraction of sp³-hybridized carbons (Fsp3) is 0.400. The first-order chi connectivity index (χ1) is 11.1. The fourth-order valence-corrected chi connectivity index (χ4v) is 3.65. The summed E-state index contributed by atoms with van der Waals surface area (Å²) < 4.78 is 0. The molecule has 1 aliphatic heterocycles. The second-order valence-corrected chi connectivity index (χ2v) is 6.49. The van der Waals surface area contributed by atoms with Gasteiger partial charge in [0.1, 0.15) is 5.69 Å². The Morgan fingerprint density at radius 2 is 2.22 bits per heavy atom. The van der Waals surface area contributed by atoms with Gasteiger partial charge in [0.15, 0.2) is 5.69 Å². The van der Waals surface area contributed by atoms with Crippen LogP contribution in [0.1, 0.15) is 44.7 Å². The Morgan fingerprint density at radius 3 is 2.83 bits per heavy atom. The molecular formula is C15H19N5O2S. The van der Waals surface area contributed by atoms with E-state index in [9.17, 15) is 9.59 Å². The zero-order chi connectivity index (χ0) is 16.2. The third-order valence-electron chi connectivity index (χ3n) is 3.98. The lowest BCUT2D eigenvalue weighted by Gasteiger charge is -2.26. The van der Waals surface area contributed by atoms with Crippen LogP contribution in [-0.2, 0) is 0 Å². The average molecular weight is 333 g/mol. The van der Waals surface area contributed by atoms with Crippen LogP contribution < -0.4 is 11.1 Å². The molecule has 0 spiro atoms. The summed E-state index contributed by atoms with van der Waals surface area (Å²) in [5.74, 6) is -0.945. The number of aromatic nitrogens is 2. The number of carbonyl (C=O) groups is 2. The Hall–Kier alpha value is -2.19. The molecule has 0 saturated carbocycles. The number of nitrogens with one attached hydrogen (secondary N) is 2. The van der Waals surface area contributed by atoms with E-state index in [0.717, 1.165) is 13.1 Å². The zero-order valence-electron chi connectivity index (χ0n) is 12.6. The standard InChI is InChI=1S/C15H19N5O2S/c16-14(21)10-8-11(19-18-10)15(22)17-9-12(13-4-3-7-23-13)20-5-1-2-6-20/h3-4,7-8,12H,1-2,5-6,9H2,(H2,16,21)(H,17,22)(H,18,19). The third-order valence-corrected chi connectivity index (χ3v) is 4.96. The molecular weight excluding hydrogens is 314 g/mol. The van der Waals surface area contributed by atoms with Gasteiger partial charge in [-0.2, -0.15) is 5.10 Å². The van der Waals surface area contributed by atoms with Crippen molar-refractivity contribution in [3.05, 3.63) is 39.8 Å². The Balaban J connectivity index is 1.65. The van der Waals surface area contributed by atoms with Crippen LogP contribution in [0, 0.1) is 0 Å². The summed E-state index contributed by atoms with van der Waals surface area (Å²) in [5, 5.41) is 11.2. The second kappa shape index (κ2) is 6.93. The number of amides is 2. The van der Waals surface area contributed by atoms with Gasteiger partial charge in [0, 0.05) is 17.5 Å². The van der Waals surface area contributed by atoms with E-state index in [1.165, 1.54) is 23.8 Å². The number of carbonyl (C=O) groups excluding carboxylic acids is 2. The Kier molecular flexibility index (Phi) is 4.73. The van der Waals surface area contributed by atoms with Crippen LogP contribution >= 0.6 is 11.3 Å². The van der Waals surface area contributed by atoms with Crippen LogP contribution in [0.15, 0.2) is 23.6 Å². The first kappa shape index (κ1) is 15.7. The monoisotopic (exact) mass is 333 g/mol. The van der Waals surface area contributed by atoms with Gasteiger partial charge in [-0.1, -0.05) is 6.07 Å². The van der Waals surface area contributed by atoms with Crippen molar-refractivity contribution < 1.29 is 9.59 Å². The lowest BCUT2D eigenvalue weighted by atomic mass is 10.2. The first-order valence-corrected chi connectivity index (χ1v) is 8.44. The number of H-pyrrole nitrogens is 1. The van der Waals surface area contributed by atoms with Crippen molar-refractivity contribution in [2.45, 2.75) is 18.9 Å². The molecule has 4 N–H and O–H groups in total. The number of nitrogens with zero attached hydrogens (tertiary/aromatic N) is 2. The number of likely N-dealkylation sites (tertiary alicyclic amines) is 1. The fourth-order valence-electron chi connectivity index (χ4n) is 2.79. The van der Waals surface area contributed by atoms with Crippen molar-refractivity contribution in [2.75, 3.05) is 19.6 Å². The average Bonchev–Trinajstić information content (AvgIpc) is 3.29. The molecule has 122 valence electrons. The third kappa shape index (κ3) is 3.59. The van der Waals surface area contributed by atoms with Gasteiger partial charge in [0.2, 0.25) is 0 Å². The molecule has 0 aliphatic carbocycles. The van der Waals surface area contributed by atoms with E-state index in [1.54, 1.807) is 11.3 Å². The molecule has 0 radical (unpaired) electrons. The van der Waals surface area contributed by atoms with E-state index in [0.29, 0.717) is 6.54 Å². The van der Waals surface area contributed by atoms with Crippen molar-refractivity contribution >= 4 is 23.2 Å². The highest BCUT2D eigenvalue weighted by Crippen LogP contribution is 2.27. The number of rotatable bonds is 6. The summed E-state index contributed by atoms with van der Waals surface area (Å²) in [4.78, 5) is 26.9. The lowest BCUT2D eigenvalue weighted by molar-refractivity contribution is 0.0933. The number of hydrogen-bond donors (Lipinski definition) is 3. The van der Waals surface area contributed by atoms with Crippen LogP contribution in [0.25, 0.3) is 0 Å². The van der Waals surface area contributed by atoms with Crippen LogP contribution in [0.5, 0.6) is 0 Å². The summed E-state index contributed by atoms with van der Waals surface area (Å²) in [5.41, 5.74) is 5.44. The number of primary amides is 1. The summed E-state index contributed by atoms with van der Waals surface area (Å²) in [7, 11) is 0. The van der Waals surface area contributed by atoms with E-state index in [1.807, 2.05) is 11.4 Å². The molecule has 8 heteroatoms. The predicted molar refractivity (Wildman–Crippen MR) is 87.3 cm³/mol. The summed E-state index contributed by atoms with van der Waals surface area (Å²) >= 11 is 1.70. The minimum atomic E-state index is -0.658. The van der Waals surface area contributed by atoms with E-state index >= 15 is 0 Å². The highest BCUT2D eigenvalue weighted by Gasteiger charge is 2.25. The summed E-state index contributed by atoms with van der Waals surface area (Å²) in [6, 6.07) is 5.67. The summed E-state index contributed by atoms with van der Waals surface area (Å²) in [6.07, 6.45) is 2.39. The molecule has 1 unspecified atom stereocenters. The maximum absolute atomic E-state index is 12.2. The molecule has 1 fully saturated rings. The molecule has 2 amide bonds. The van der Waals surface area contributed by atoms with Crippen LogP contribution in [0.3, 0.4) is 0 Å². The van der Waals surface area contributed by atoms with Gasteiger partial charge in [0.25, 0.3) is 11.8 Å². The van der Waals surface area contributed by atoms with Gasteiger partial charge < -0.3 is 11.1 Å². The van der Waals surface area contributed by atoms with E-state index in [-0.39, 0.29) is 23.3 Å². The first-order valence-electron chi connectivity index (χ1n) is 7.56. The predicted octanol–water partition coefficient (Wildman–Crippen LogP) is 1.14. The maximum atomic E-state index is 12.2. The van der Waals surface area contributed by atoms with E-state index in [4.69, 9.17) is 5.73 Å². The number of thiophene rings is 1. The number of aromatic amines is 1. The summed E-state index contributed by atoms with van der Waals surface area (Å²) in [6.45, 7) is 2.62. The normalized spacial score (nSPS) is 16.3. The minimum Gasteiger partial charge on any atom is -0.364 e. The Bertz CT molecular complexity index is 676. The molecule has 1 atom stereocenters. The molecule has 1 saturated heterocycles. The molecule has 0 bridgehead atoms. The van der Waals surface area contributed by atoms with E-state index in [2.05, 4.69) is 26.5 Å². The van der Waals surface area contributed by atoms with Gasteiger partial charge in [-0.25, -0.2) is 0 Å². The van der Waals surface area contributed by atoms with Crippen LogP contribution in [0.2, 0.25) is 0 Å². The number of nitrogens with two attached hydrogens (primary N) is 1. The smallest absolute Gasteiger partial charge is 0.269 e. The second-order valence-electron chi connectivity index (χ2n) is 5.52. The molecule has 1 aliphatic rings. The van der Waals surface area contributed by atoms with Crippen molar-refractivity contribution in [1.29, 1.82) is 0 Å². The Morgan fingerprint density at radius 1 is 1.43 bits per heavy atom. The quantitative estimate of drug-likeness (QED) is 0.737. The van der Waals surface area contributed by atoms with Crippen molar-refractivity contribution in [3.63, 3.8) is 0 Å². The van der Waals surface area contributed by atoms with Crippen LogP contribution in [0.4, 0.5) is 0 Å². The van der Waals surface area contributed by atoms with Crippen LogP contribution in [-0.4, -0.2) is 46.5 Å². The SMILES string of the molecule is NC(=O)c1cc(C(=O)NCC(c2cccs2)N2CCCC2)[nH]n1. The van der Waals surface area contributed by atoms with Gasteiger partial charge in [-0.05, 0) is 37.4 Å². The molecule has 2 aromatic rings. The highest BCUT2D eigenvalue weighted by atomic mass is 32.1. The highest BCUT2D eigenvalue weighted by molar-refractivity contribution is 7.10. The molecule has 2 aromatic heterocycles. The molecule has 7 nitrogen and oxygen atoms in total. The zero-order valence-corrected chi connectivity index (χ0v) is 13.4. The molecule has 23 heavy (non-hydrogen) atoms. The Labute approximate surface area is 137 Å². The van der Waals surface area contributed by atoms with Crippen molar-refractivity contribution in [3.8, 4) is 0 Å². The van der Waals surface area contributed by atoms with Gasteiger partial charge >= 0.3 is 0 Å². The number of hydrogen-bond acceptors (Lipinski definition) is 5. The largest absolute Gasteiger partial charge is 0.364 e.